The van der Waals surface area contributed by atoms with Crippen molar-refractivity contribution in [3.63, 3.8) is 0 Å². The minimum atomic E-state index is 0.550. The molecule has 3 nitrogen and oxygen atoms in total. The first-order valence-electron chi connectivity index (χ1n) is 9.64. The fraction of sp³-hybridized carbons (Fsp3) is 0.500. The summed E-state index contributed by atoms with van der Waals surface area (Å²) in [5, 5.41) is 3.69. The van der Waals surface area contributed by atoms with Crippen LogP contribution in [0.1, 0.15) is 56.6 Å². The molecular weight excluding hydrogens is 308 g/mol. The summed E-state index contributed by atoms with van der Waals surface area (Å²) in [5.74, 6) is 1.87. The number of benzene rings is 1. The number of hydrogen-bond acceptors (Lipinski definition) is 3. The van der Waals surface area contributed by atoms with Crippen LogP contribution in [0, 0.1) is 5.92 Å². The maximum atomic E-state index is 6.03. The van der Waals surface area contributed by atoms with Gasteiger partial charge in [-0.25, -0.2) is 0 Å². The topological polar surface area (TPSA) is 34.1 Å². The molecule has 134 valence electrons. The fourth-order valence-corrected chi connectivity index (χ4v) is 3.73. The third-order valence-corrected chi connectivity index (χ3v) is 5.14. The van der Waals surface area contributed by atoms with Gasteiger partial charge < -0.3 is 10.1 Å². The summed E-state index contributed by atoms with van der Waals surface area (Å²) >= 11 is 0. The SMILES string of the molecule is CC(CC1CCCCC1)NCc1ccccc1OCc1cccnc1. The fourth-order valence-electron chi connectivity index (χ4n) is 3.73. The molecule has 0 amide bonds. The van der Waals surface area contributed by atoms with Gasteiger partial charge in [-0.3, -0.25) is 4.98 Å². The Morgan fingerprint density at radius 1 is 1.12 bits per heavy atom. The molecule has 1 fully saturated rings. The van der Waals surface area contributed by atoms with E-state index in [1.807, 2.05) is 24.4 Å². The van der Waals surface area contributed by atoms with Gasteiger partial charge in [0.15, 0.2) is 0 Å². The lowest BCUT2D eigenvalue weighted by atomic mass is 9.85. The molecule has 1 N–H and O–H groups in total. The molecular formula is C22H30N2O. The van der Waals surface area contributed by atoms with Crippen molar-refractivity contribution in [3.05, 3.63) is 59.9 Å². The van der Waals surface area contributed by atoms with Gasteiger partial charge in [0.25, 0.3) is 0 Å². The van der Waals surface area contributed by atoms with Crippen LogP contribution in [0.5, 0.6) is 5.75 Å². The lowest BCUT2D eigenvalue weighted by molar-refractivity contribution is 0.294. The average molecular weight is 338 g/mol. The number of nitrogens with one attached hydrogen (secondary N) is 1. The zero-order valence-electron chi connectivity index (χ0n) is 15.3. The predicted octanol–water partition coefficient (Wildman–Crippen LogP) is 5.11. The van der Waals surface area contributed by atoms with E-state index in [1.54, 1.807) is 6.20 Å². The minimum absolute atomic E-state index is 0.550. The standard InChI is InChI=1S/C22H30N2O/c1-18(14-19-8-3-2-4-9-19)24-16-21-11-5-6-12-22(21)25-17-20-10-7-13-23-15-20/h5-7,10-13,15,18-19,24H,2-4,8-9,14,16-17H2,1H3. The van der Waals surface area contributed by atoms with E-state index in [0.29, 0.717) is 12.6 Å². The van der Waals surface area contributed by atoms with E-state index in [0.717, 1.165) is 23.8 Å². The molecule has 1 heterocycles. The van der Waals surface area contributed by atoms with E-state index < -0.39 is 0 Å². The maximum Gasteiger partial charge on any atom is 0.124 e. The summed E-state index contributed by atoms with van der Waals surface area (Å²) in [4.78, 5) is 4.14. The monoisotopic (exact) mass is 338 g/mol. The third kappa shape index (κ3) is 5.86. The number of aromatic nitrogens is 1. The van der Waals surface area contributed by atoms with Crippen molar-refractivity contribution in [2.75, 3.05) is 0 Å². The van der Waals surface area contributed by atoms with Crippen LogP contribution >= 0.6 is 0 Å². The molecule has 0 spiro atoms. The van der Waals surface area contributed by atoms with E-state index >= 15 is 0 Å². The van der Waals surface area contributed by atoms with E-state index in [1.165, 1.54) is 44.1 Å². The van der Waals surface area contributed by atoms with Gasteiger partial charge in [0.05, 0.1) is 0 Å². The molecule has 1 aliphatic carbocycles. The summed E-state index contributed by atoms with van der Waals surface area (Å²) < 4.78 is 6.03. The van der Waals surface area contributed by atoms with Gasteiger partial charge in [-0.2, -0.15) is 0 Å². The Balaban J connectivity index is 1.50. The lowest BCUT2D eigenvalue weighted by Gasteiger charge is -2.25. The van der Waals surface area contributed by atoms with Gasteiger partial charge in [-0.05, 0) is 31.4 Å². The van der Waals surface area contributed by atoms with Gasteiger partial charge in [-0.15, -0.1) is 0 Å². The highest BCUT2D eigenvalue weighted by Crippen LogP contribution is 2.27. The van der Waals surface area contributed by atoms with Crippen LogP contribution in [0.25, 0.3) is 0 Å². The largest absolute Gasteiger partial charge is 0.489 e. The Morgan fingerprint density at radius 3 is 2.76 bits per heavy atom. The molecule has 3 heteroatoms. The molecule has 1 atom stereocenters. The first kappa shape index (κ1) is 17.9. The van der Waals surface area contributed by atoms with Crippen molar-refractivity contribution in [2.24, 2.45) is 5.92 Å². The molecule has 0 aliphatic heterocycles. The third-order valence-electron chi connectivity index (χ3n) is 5.14. The van der Waals surface area contributed by atoms with Crippen LogP contribution in [0.15, 0.2) is 48.8 Å². The second kappa shape index (κ2) is 9.57. The molecule has 1 saturated carbocycles. The highest BCUT2D eigenvalue weighted by atomic mass is 16.5. The number of pyridine rings is 1. The van der Waals surface area contributed by atoms with Gasteiger partial charge in [0.2, 0.25) is 0 Å². The smallest absolute Gasteiger partial charge is 0.124 e. The molecule has 1 aromatic heterocycles. The van der Waals surface area contributed by atoms with E-state index in [9.17, 15) is 0 Å². The number of nitrogens with zero attached hydrogens (tertiary/aromatic N) is 1. The average Bonchev–Trinajstić information content (AvgIpc) is 2.67. The Hall–Kier alpha value is -1.87. The number of para-hydroxylation sites is 1. The lowest BCUT2D eigenvalue weighted by Crippen LogP contribution is -2.28. The summed E-state index contributed by atoms with van der Waals surface area (Å²) in [6, 6.07) is 12.9. The van der Waals surface area contributed by atoms with Crippen LogP contribution in [0.4, 0.5) is 0 Å². The normalized spacial score (nSPS) is 16.5. The van der Waals surface area contributed by atoms with Crippen molar-refractivity contribution < 1.29 is 4.74 Å². The maximum absolute atomic E-state index is 6.03. The van der Waals surface area contributed by atoms with Crippen LogP contribution < -0.4 is 10.1 Å². The molecule has 1 unspecified atom stereocenters. The molecule has 0 saturated heterocycles. The molecule has 2 aromatic rings. The molecule has 0 radical (unpaired) electrons. The Bertz CT molecular complexity index is 623. The van der Waals surface area contributed by atoms with Crippen molar-refractivity contribution in [3.8, 4) is 5.75 Å². The minimum Gasteiger partial charge on any atom is -0.489 e. The highest BCUT2D eigenvalue weighted by molar-refractivity contribution is 5.33. The highest BCUT2D eigenvalue weighted by Gasteiger charge is 2.16. The van der Waals surface area contributed by atoms with E-state index in [2.05, 4.69) is 35.4 Å². The van der Waals surface area contributed by atoms with E-state index in [4.69, 9.17) is 4.74 Å². The quantitative estimate of drug-likeness (QED) is 0.726. The second-order valence-corrected chi connectivity index (χ2v) is 7.28. The molecule has 1 aromatic carbocycles. The van der Waals surface area contributed by atoms with E-state index in [-0.39, 0.29) is 0 Å². The van der Waals surface area contributed by atoms with Gasteiger partial charge in [0, 0.05) is 36.1 Å². The number of hydrogen-bond donors (Lipinski definition) is 1. The Kier molecular flexibility index (Phi) is 6.87. The summed E-state index contributed by atoms with van der Waals surface area (Å²) in [5.41, 5.74) is 2.32. The predicted molar refractivity (Wildman–Crippen MR) is 103 cm³/mol. The van der Waals surface area contributed by atoms with Crippen LogP contribution in [0.2, 0.25) is 0 Å². The zero-order valence-corrected chi connectivity index (χ0v) is 15.3. The van der Waals surface area contributed by atoms with Gasteiger partial charge in [-0.1, -0.05) is 56.4 Å². The number of rotatable bonds is 8. The first-order chi connectivity index (χ1) is 12.3. The zero-order chi connectivity index (χ0) is 17.3. The second-order valence-electron chi connectivity index (χ2n) is 7.28. The Labute approximate surface area is 151 Å². The summed E-state index contributed by atoms with van der Waals surface area (Å²) in [6.07, 6.45) is 12.0. The van der Waals surface area contributed by atoms with Crippen molar-refractivity contribution in [2.45, 2.75) is 64.6 Å². The van der Waals surface area contributed by atoms with Gasteiger partial charge in [0.1, 0.15) is 12.4 Å². The first-order valence-corrected chi connectivity index (χ1v) is 9.64. The van der Waals surface area contributed by atoms with Crippen LogP contribution in [0.3, 0.4) is 0 Å². The summed E-state index contributed by atoms with van der Waals surface area (Å²) in [6.45, 7) is 3.73. The Morgan fingerprint density at radius 2 is 1.96 bits per heavy atom. The summed E-state index contributed by atoms with van der Waals surface area (Å²) in [7, 11) is 0. The number of ether oxygens (including phenoxy) is 1. The van der Waals surface area contributed by atoms with Crippen molar-refractivity contribution >= 4 is 0 Å². The van der Waals surface area contributed by atoms with Crippen molar-refractivity contribution in [1.29, 1.82) is 0 Å². The van der Waals surface area contributed by atoms with Crippen LogP contribution in [-0.2, 0) is 13.2 Å². The molecule has 3 rings (SSSR count). The van der Waals surface area contributed by atoms with Crippen LogP contribution in [-0.4, -0.2) is 11.0 Å². The molecule has 1 aliphatic rings. The van der Waals surface area contributed by atoms with Gasteiger partial charge >= 0.3 is 0 Å². The molecule has 0 bridgehead atoms. The molecule has 25 heavy (non-hydrogen) atoms. The van der Waals surface area contributed by atoms with Crippen molar-refractivity contribution in [1.82, 2.24) is 10.3 Å².